The number of ether oxygens (including phenoxy) is 2. The zero-order valence-electron chi connectivity index (χ0n) is 21.2. The minimum atomic E-state index is -1.84. The third-order valence-corrected chi connectivity index (χ3v) is 7.52. The number of methoxy groups -OCH3 is 1. The lowest BCUT2D eigenvalue weighted by Crippen LogP contribution is -2.52. The third kappa shape index (κ3) is 4.59. The molecule has 0 aliphatic carbocycles. The summed E-state index contributed by atoms with van der Waals surface area (Å²) in [5.41, 5.74) is -2.23. The number of nitriles is 1. The number of aromatic nitrogens is 5. The molecule has 0 amide bonds. The van der Waals surface area contributed by atoms with Gasteiger partial charge in [0.2, 0.25) is 0 Å². The van der Waals surface area contributed by atoms with Crippen molar-refractivity contribution in [1.82, 2.24) is 24.1 Å². The van der Waals surface area contributed by atoms with Gasteiger partial charge in [-0.15, -0.1) is 4.80 Å². The third-order valence-electron chi connectivity index (χ3n) is 6.24. The van der Waals surface area contributed by atoms with E-state index in [1.807, 2.05) is 6.07 Å². The maximum absolute atomic E-state index is 13.9. The van der Waals surface area contributed by atoms with Crippen molar-refractivity contribution in [2.24, 2.45) is 0 Å². The lowest BCUT2D eigenvalue weighted by molar-refractivity contribution is -0.146. The van der Waals surface area contributed by atoms with Gasteiger partial charge in [0.15, 0.2) is 0 Å². The van der Waals surface area contributed by atoms with Gasteiger partial charge in [-0.3, -0.25) is 9.36 Å². The fraction of sp³-hybridized carbons (Fsp3) is 0.360. The van der Waals surface area contributed by atoms with E-state index in [2.05, 4.69) is 10.2 Å². The molecular formula is C25H26N6O6S. The molecule has 12 nitrogen and oxygen atoms in total. The number of fused-ring (bicyclic) bond motifs is 1. The van der Waals surface area contributed by atoms with Crippen LogP contribution in [-0.4, -0.2) is 48.9 Å². The van der Waals surface area contributed by atoms with E-state index in [0.29, 0.717) is 26.7 Å². The van der Waals surface area contributed by atoms with Gasteiger partial charge in [-0.2, -0.15) is 15.5 Å². The molecule has 0 unspecified atom stereocenters. The molecule has 0 fully saturated rings. The van der Waals surface area contributed by atoms with Crippen LogP contribution in [-0.2, 0) is 21.6 Å². The number of para-hydroxylation sites is 1. The largest absolute Gasteiger partial charge is 0.496 e. The molecule has 1 aromatic carbocycles. The van der Waals surface area contributed by atoms with Crippen LogP contribution < -0.4 is 16.0 Å². The lowest BCUT2D eigenvalue weighted by Gasteiger charge is -2.25. The van der Waals surface area contributed by atoms with E-state index in [9.17, 15) is 19.5 Å². The van der Waals surface area contributed by atoms with Crippen molar-refractivity contribution in [3.05, 3.63) is 68.6 Å². The zero-order valence-corrected chi connectivity index (χ0v) is 22.1. The van der Waals surface area contributed by atoms with E-state index in [1.165, 1.54) is 42.7 Å². The molecule has 3 heterocycles. The molecule has 0 bridgehead atoms. The molecule has 1 N–H and O–H groups in total. The summed E-state index contributed by atoms with van der Waals surface area (Å²) < 4.78 is 13.6. The van der Waals surface area contributed by atoms with Gasteiger partial charge in [0.25, 0.3) is 5.56 Å². The molecule has 13 heteroatoms. The van der Waals surface area contributed by atoms with Gasteiger partial charge in [-0.25, -0.2) is 14.2 Å². The van der Waals surface area contributed by atoms with Gasteiger partial charge in [0, 0.05) is 11.1 Å². The van der Waals surface area contributed by atoms with Gasteiger partial charge in [0.05, 0.1) is 50.5 Å². The fourth-order valence-corrected chi connectivity index (χ4v) is 5.40. The van der Waals surface area contributed by atoms with Crippen LogP contribution in [0.15, 0.2) is 46.2 Å². The summed E-state index contributed by atoms with van der Waals surface area (Å²) in [6.07, 6.45) is 2.34. The van der Waals surface area contributed by atoms with Gasteiger partial charge in [0.1, 0.15) is 27.2 Å². The number of hydrogen-bond donors (Lipinski definition) is 1. The molecule has 1 atom stereocenters. The predicted molar refractivity (Wildman–Crippen MR) is 139 cm³/mol. The highest BCUT2D eigenvalue weighted by Gasteiger charge is 2.36. The van der Waals surface area contributed by atoms with Crippen LogP contribution in [0.3, 0.4) is 0 Å². The first-order valence-electron chi connectivity index (χ1n) is 11.6. The number of aryl methyl sites for hydroxylation is 1. The van der Waals surface area contributed by atoms with Crippen molar-refractivity contribution < 1.29 is 19.4 Å². The second-order valence-electron chi connectivity index (χ2n) is 8.94. The number of carboxylic acid groups (broad SMARTS) is 1. The fourth-order valence-electron chi connectivity index (χ4n) is 4.18. The Balaban J connectivity index is 2.02. The van der Waals surface area contributed by atoms with Crippen molar-refractivity contribution in [2.75, 3.05) is 13.7 Å². The second kappa shape index (κ2) is 10.6. The van der Waals surface area contributed by atoms with Crippen LogP contribution in [0.5, 0.6) is 5.75 Å². The Bertz CT molecular complexity index is 1640. The zero-order chi connectivity index (χ0) is 27.6. The van der Waals surface area contributed by atoms with Crippen molar-refractivity contribution >= 4 is 27.5 Å². The first-order valence-corrected chi connectivity index (χ1v) is 12.5. The number of thiophene rings is 1. The number of nitrogens with zero attached hydrogens (tertiary/aromatic N) is 6. The molecular weight excluding hydrogens is 512 g/mol. The van der Waals surface area contributed by atoms with Crippen molar-refractivity contribution in [3.8, 4) is 16.8 Å². The van der Waals surface area contributed by atoms with E-state index in [4.69, 9.17) is 14.7 Å². The summed E-state index contributed by atoms with van der Waals surface area (Å²) in [4.78, 5) is 41.4. The van der Waals surface area contributed by atoms with E-state index in [-0.39, 0.29) is 25.0 Å². The number of carboxylic acids is 1. The van der Waals surface area contributed by atoms with Crippen LogP contribution in [0, 0.1) is 18.3 Å². The minimum Gasteiger partial charge on any atom is -0.496 e. The number of aliphatic carboxylic acids is 1. The molecule has 4 aromatic rings. The highest BCUT2D eigenvalue weighted by Crippen LogP contribution is 2.34. The topological polar surface area (TPSA) is 154 Å². The standard InChI is InChI=1S/C25H26N6O6S/c1-15-19-20(32)30(25(2,3)23(33)34)24(35)29(22(19)38-21(15)31-27-11-12-28-31)14-18(37-13-7-10-26)16-8-5-6-9-17(16)36-4/h5-6,8-9,11-12,18H,7,13-14H2,1-4H3,(H,33,34)/t18-/m0/s1. The Morgan fingerprint density at radius 1 is 1.24 bits per heavy atom. The summed E-state index contributed by atoms with van der Waals surface area (Å²) in [7, 11) is 1.51. The summed E-state index contributed by atoms with van der Waals surface area (Å²) in [6, 6.07) is 9.15. The molecule has 0 radical (unpaired) electrons. The van der Waals surface area contributed by atoms with E-state index in [0.717, 1.165) is 15.9 Å². The van der Waals surface area contributed by atoms with Crippen molar-refractivity contribution in [1.29, 1.82) is 5.26 Å². The molecule has 4 rings (SSSR count). The summed E-state index contributed by atoms with van der Waals surface area (Å²) in [5.74, 6) is -0.822. The Kier molecular flexibility index (Phi) is 7.47. The molecule has 0 aliphatic rings. The van der Waals surface area contributed by atoms with E-state index in [1.54, 1.807) is 31.2 Å². The van der Waals surface area contributed by atoms with Crippen LogP contribution in [0.2, 0.25) is 0 Å². The van der Waals surface area contributed by atoms with E-state index < -0.39 is 28.9 Å². The SMILES string of the molecule is COc1ccccc1[C@H](Cn1c(=O)n(C(C)(C)C(=O)O)c(=O)c2c(C)c(-n3nccn3)sc21)OCCC#N. The number of benzene rings is 1. The molecule has 198 valence electrons. The normalized spacial score (nSPS) is 12.4. The maximum Gasteiger partial charge on any atom is 0.333 e. The smallest absolute Gasteiger partial charge is 0.333 e. The Hall–Kier alpha value is -4.28. The van der Waals surface area contributed by atoms with Crippen LogP contribution in [0.1, 0.15) is 37.5 Å². The monoisotopic (exact) mass is 538 g/mol. The molecule has 0 aliphatic heterocycles. The van der Waals surface area contributed by atoms with Gasteiger partial charge < -0.3 is 14.6 Å². The first kappa shape index (κ1) is 26.8. The van der Waals surface area contributed by atoms with Crippen molar-refractivity contribution in [3.63, 3.8) is 0 Å². The maximum atomic E-state index is 13.9. The van der Waals surface area contributed by atoms with Crippen LogP contribution in [0.4, 0.5) is 0 Å². The lowest BCUT2D eigenvalue weighted by atomic mass is 10.1. The minimum absolute atomic E-state index is 0.0803. The Labute approximate surface area is 220 Å². The molecule has 0 saturated heterocycles. The number of rotatable bonds is 10. The summed E-state index contributed by atoms with van der Waals surface area (Å²) in [5, 5.41) is 28.0. The number of carbonyl (C=O) groups is 1. The summed E-state index contributed by atoms with van der Waals surface area (Å²) >= 11 is 1.14. The first-order chi connectivity index (χ1) is 18.1. The molecule has 0 spiro atoms. The average Bonchev–Trinajstić information content (AvgIpc) is 3.53. The highest BCUT2D eigenvalue weighted by atomic mass is 32.1. The molecule has 3 aromatic heterocycles. The van der Waals surface area contributed by atoms with Crippen LogP contribution in [0.25, 0.3) is 15.2 Å². The molecule has 0 saturated carbocycles. The summed E-state index contributed by atoms with van der Waals surface area (Å²) in [6.45, 7) is 4.31. The van der Waals surface area contributed by atoms with Gasteiger partial charge >= 0.3 is 11.7 Å². The van der Waals surface area contributed by atoms with Gasteiger partial charge in [-0.05, 0) is 26.8 Å². The predicted octanol–water partition coefficient (Wildman–Crippen LogP) is 2.61. The Morgan fingerprint density at radius 3 is 2.55 bits per heavy atom. The number of hydrogen-bond acceptors (Lipinski definition) is 9. The Morgan fingerprint density at radius 2 is 1.92 bits per heavy atom. The van der Waals surface area contributed by atoms with E-state index >= 15 is 0 Å². The van der Waals surface area contributed by atoms with Gasteiger partial charge in [-0.1, -0.05) is 29.5 Å². The average molecular weight is 539 g/mol. The van der Waals surface area contributed by atoms with Crippen molar-refractivity contribution in [2.45, 2.75) is 45.4 Å². The van der Waals surface area contributed by atoms with Crippen LogP contribution >= 0.6 is 11.3 Å². The highest BCUT2D eigenvalue weighted by molar-refractivity contribution is 7.21. The molecule has 38 heavy (non-hydrogen) atoms. The quantitative estimate of drug-likeness (QED) is 0.300. The second-order valence-corrected chi connectivity index (χ2v) is 9.92.